The Morgan fingerprint density at radius 2 is 1.85 bits per heavy atom. The van der Waals surface area contributed by atoms with Crippen molar-refractivity contribution in [2.45, 2.75) is 25.3 Å². The number of anilines is 2. The number of hydrogen-bond acceptors (Lipinski definition) is 6. The zero-order chi connectivity index (χ0) is 23.2. The van der Waals surface area contributed by atoms with E-state index in [2.05, 4.69) is 20.6 Å². The molecule has 1 aromatic carbocycles. The molecule has 1 aliphatic rings. The Labute approximate surface area is 193 Å². The van der Waals surface area contributed by atoms with Gasteiger partial charge in [-0.05, 0) is 42.7 Å². The van der Waals surface area contributed by atoms with Gasteiger partial charge in [0, 0.05) is 50.1 Å². The van der Waals surface area contributed by atoms with Crippen molar-refractivity contribution < 1.29 is 9.59 Å². The number of hydrogen-bond donors (Lipinski definition) is 3. The summed E-state index contributed by atoms with van der Waals surface area (Å²) in [6.07, 6.45) is 3.22. The summed E-state index contributed by atoms with van der Waals surface area (Å²) < 4.78 is 0. The maximum Gasteiger partial charge on any atom is 0.255 e. The van der Waals surface area contributed by atoms with Crippen LogP contribution in [0.25, 0.3) is 0 Å². The minimum Gasteiger partial charge on any atom is -0.383 e. The molecule has 3 aromatic rings. The van der Waals surface area contributed by atoms with Crippen LogP contribution in [0.2, 0.25) is 0 Å². The molecule has 8 nitrogen and oxygen atoms in total. The van der Waals surface area contributed by atoms with Crippen LogP contribution in [0.4, 0.5) is 11.6 Å². The van der Waals surface area contributed by atoms with Gasteiger partial charge in [0.15, 0.2) is 0 Å². The fourth-order valence-corrected chi connectivity index (χ4v) is 4.04. The monoisotopic (exact) mass is 444 g/mol. The largest absolute Gasteiger partial charge is 0.383 e. The van der Waals surface area contributed by atoms with Crippen molar-refractivity contribution in [2.24, 2.45) is 0 Å². The van der Waals surface area contributed by atoms with Crippen molar-refractivity contribution in [2.75, 3.05) is 31.2 Å². The summed E-state index contributed by atoms with van der Waals surface area (Å²) in [7, 11) is 1.78. The molecule has 2 amide bonds. The van der Waals surface area contributed by atoms with Crippen LogP contribution < -0.4 is 16.4 Å². The van der Waals surface area contributed by atoms with E-state index in [9.17, 15) is 9.59 Å². The number of likely N-dealkylation sites (tertiary alicyclic amines) is 1. The van der Waals surface area contributed by atoms with E-state index in [1.54, 1.807) is 31.4 Å². The van der Waals surface area contributed by atoms with E-state index in [4.69, 9.17) is 5.73 Å². The number of aromatic nitrogens is 2. The van der Waals surface area contributed by atoms with Crippen molar-refractivity contribution in [3.8, 4) is 0 Å². The van der Waals surface area contributed by atoms with Crippen LogP contribution in [0, 0.1) is 0 Å². The van der Waals surface area contributed by atoms with Gasteiger partial charge in [-0.1, -0.05) is 30.3 Å². The summed E-state index contributed by atoms with van der Waals surface area (Å²) in [5, 5.41) is 5.84. The number of carbonyl (C=O) groups excluding carboxylic acids is 2. The molecule has 0 saturated carbocycles. The van der Waals surface area contributed by atoms with E-state index in [-0.39, 0.29) is 23.6 Å². The molecule has 170 valence electrons. The fourth-order valence-electron chi connectivity index (χ4n) is 4.04. The number of piperidine rings is 1. The molecule has 0 bridgehead atoms. The van der Waals surface area contributed by atoms with Gasteiger partial charge in [-0.3, -0.25) is 9.59 Å². The number of amides is 2. The minimum absolute atomic E-state index is 0.00487. The van der Waals surface area contributed by atoms with E-state index >= 15 is 0 Å². The molecule has 2 aromatic heterocycles. The second kappa shape index (κ2) is 10.1. The Balaban J connectivity index is 1.35. The molecule has 0 atom stereocenters. The van der Waals surface area contributed by atoms with E-state index < -0.39 is 0 Å². The van der Waals surface area contributed by atoms with Crippen LogP contribution in [-0.4, -0.2) is 46.8 Å². The average Bonchev–Trinajstić information content (AvgIpc) is 2.87. The van der Waals surface area contributed by atoms with Gasteiger partial charge < -0.3 is 21.3 Å². The zero-order valence-corrected chi connectivity index (χ0v) is 18.6. The highest BCUT2D eigenvalue weighted by atomic mass is 16.2. The number of carbonyl (C=O) groups is 2. The summed E-state index contributed by atoms with van der Waals surface area (Å²) in [5.74, 6) is 0.860. The second-order valence-electron chi connectivity index (χ2n) is 8.08. The van der Waals surface area contributed by atoms with Crippen molar-refractivity contribution in [3.05, 3.63) is 83.2 Å². The van der Waals surface area contributed by atoms with Crippen LogP contribution >= 0.6 is 0 Å². The number of rotatable bonds is 6. The smallest absolute Gasteiger partial charge is 0.255 e. The third-order valence-corrected chi connectivity index (χ3v) is 5.95. The van der Waals surface area contributed by atoms with Crippen molar-refractivity contribution in [1.82, 2.24) is 20.2 Å². The molecule has 0 spiro atoms. The molecule has 33 heavy (non-hydrogen) atoms. The highest BCUT2D eigenvalue weighted by molar-refractivity contribution is 5.98. The molecule has 0 radical (unpaired) electrons. The molecular formula is C25H28N6O2. The van der Waals surface area contributed by atoms with Gasteiger partial charge in [-0.2, -0.15) is 0 Å². The number of nitrogens with zero attached hydrogens (tertiary/aromatic N) is 3. The Hall–Kier alpha value is -3.94. The fraction of sp³-hybridized carbons (Fsp3) is 0.280. The quantitative estimate of drug-likeness (QED) is 0.539. The first-order valence-electron chi connectivity index (χ1n) is 11.1. The Morgan fingerprint density at radius 3 is 2.55 bits per heavy atom. The molecule has 1 saturated heterocycles. The van der Waals surface area contributed by atoms with Crippen molar-refractivity contribution in [1.29, 1.82) is 0 Å². The number of benzene rings is 1. The standard InChI is InChI=1S/C25H28N6O2/c1-27-22-15-19(9-12-28-22)25(33)31-13-10-18(11-14-31)21-8-7-20(23(26)30-21)24(32)29-16-17-5-3-2-4-6-17/h2-9,12,15,18H,10-11,13-14,16H2,1H3,(H2,26,30)(H,27,28)(H,29,32). The number of nitrogen functional groups attached to an aromatic ring is 1. The molecule has 3 heterocycles. The lowest BCUT2D eigenvalue weighted by Gasteiger charge is -2.32. The predicted octanol–water partition coefficient (Wildman–Crippen LogP) is 3.05. The first kappa shape index (κ1) is 22.3. The normalized spacial score (nSPS) is 14.0. The van der Waals surface area contributed by atoms with Gasteiger partial charge in [0.05, 0.1) is 5.56 Å². The lowest BCUT2D eigenvalue weighted by atomic mass is 9.92. The van der Waals surface area contributed by atoms with E-state index in [0.29, 0.717) is 36.6 Å². The lowest BCUT2D eigenvalue weighted by Crippen LogP contribution is -2.38. The van der Waals surface area contributed by atoms with Crippen LogP contribution in [-0.2, 0) is 6.54 Å². The Kier molecular flexibility index (Phi) is 6.83. The third kappa shape index (κ3) is 5.28. The molecule has 4 rings (SSSR count). The second-order valence-corrected chi connectivity index (χ2v) is 8.08. The minimum atomic E-state index is -0.242. The van der Waals surface area contributed by atoms with Gasteiger partial charge in [-0.15, -0.1) is 0 Å². The van der Waals surface area contributed by atoms with Gasteiger partial charge in [0.2, 0.25) is 0 Å². The molecule has 8 heteroatoms. The van der Waals surface area contributed by atoms with E-state index in [1.807, 2.05) is 41.3 Å². The molecule has 1 fully saturated rings. The average molecular weight is 445 g/mol. The SMILES string of the molecule is CNc1cc(C(=O)N2CCC(c3ccc(C(=O)NCc4ccccc4)c(N)n3)CC2)ccn1. The highest BCUT2D eigenvalue weighted by Crippen LogP contribution is 2.29. The number of pyridine rings is 2. The first-order chi connectivity index (χ1) is 16.0. The predicted molar refractivity (Wildman–Crippen MR) is 128 cm³/mol. The van der Waals surface area contributed by atoms with Crippen LogP contribution in [0.3, 0.4) is 0 Å². The zero-order valence-electron chi connectivity index (χ0n) is 18.6. The van der Waals surface area contributed by atoms with Crippen LogP contribution in [0.15, 0.2) is 60.8 Å². The molecular weight excluding hydrogens is 416 g/mol. The maximum atomic E-state index is 12.8. The number of nitrogens with one attached hydrogen (secondary N) is 2. The summed E-state index contributed by atoms with van der Waals surface area (Å²) in [5.41, 5.74) is 9.01. The van der Waals surface area contributed by atoms with Crippen LogP contribution in [0.5, 0.6) is 0 Å². The summed E-state index contributed by atoms with van der Waals surface area (Å²) >= 11 is 0. The summed E-state index contributed by atoms with van der Waals surface area (Å²) in [6, 6.07) is 16.8. The Bertz CT molecular complexity index is 1130. The van der Waals surface area contributed by atoms with Gasteiger partial charge in [-0.25, -0.2) is 9.97 Å². The Morgan fingerprint density at radius 1 is 1.09 bits per heavy atom. The van der Waals surface area contributed by atoms with Gasteiger partial charge in [0.25, 0.3) is 11.8 Å². The van der Waals surface area contributed by atoms with Crippen molar-refractivity contribution >= 4 is 23.5 Å². The van der Waals surface area contributed by atoms with E-state index in [0.717, 1.165) is 24.1 Å². The summed E-state index contributed by atoms with van der Waals surface area (Å²) in [6.45, 7) is 1.71. The lowest BCUT2D eigenvalue weighted by molar-refractivity contribution is 0.0711. The van der Waals surface area contributed by atoms with Gasteiger partial charge in [0.1, 0.15) is 11.6 Å². The maximum absolute atomic E-state index is 12.8. The van der Waals surface area contributed by atoms with Crippen LogP contribution in [0.1, 0.15) is 50.7 Å². The first-order valence-corrected chi connectivity index (χ1v) is 11.1. The van der Waals surface area contributed by atoms with E-state index in [1.165, 1.54) is 0 Å². The summed E-state index contributed by atoms with van der Waals surface area (Å²) in [4.78, 5) is 35.9. The van der Waals surface area contributed by atoms with Gasteiger partial charge >= 0.3 is 0 Å². The molecule has 0 aliphatic carbocycles. The molecule has 0 unspecified atom stereocenters. The molecule has 4 N–H and O–H groups in total. The highest BCUT2D eigenvalue weighted by Gasteiger charge is 2.26. The van der Waals surface area contributed by atoms with Crippen molar-refractivity contribution in [3.63, 3.8) is 0 Å². The molecule has 1 aliphatic heterocycles. The number of nitrogens with two attached hydrogens (primary N) is 1. The topological polar surface area (TPSA) is 113 Å². The third-order valence-electron chi connectivity index (χ3n) is 5.95.